The molecular formula is C12H21N3O. The van der Waals surface area contributed by atoms with E-state index in [1.807, 2.05) is 10.9 Å². The molecule has 1 N–H and O–H groups in total. The minimum Gasteiger partial charge on any atom is -0.376 e. The van der Waals surface area contributed by atoms with E-state index in [0.29, 0.717) is 6.10 Å². The molecule has 1 fully saturated rings. The first kappa shape index (κ1) is 11.6. The van der Waals surface area contributed by atoms with Crippen molar-refractivity contribution >= 4 is 0 Å². The molecule has 0 amide bonds. The highest BCUT2D eigenvalue weighted by Gasteiger charge is 2.16. The fraction of sp³-hybridized carbons (Fsp3) is 0.750. The molecule has 0 aromatic carbocycles. The zero-order valence-electron chi connectivity index (χ0n) is 9.98. The summed E-state index contributed by atoms with van der Waals surface area (Å²) in [4.78, 5) is 0. The average Bonchev–Trinajstić information content (AvgIpc) is 2.91. The summed E-state index contributed by atoms with van der Waals surface area (Å²) in [6, 6.07) is 2.08. The van der Waals surface area contributed by atoms with Gasteiger partial charge in [-0.15, -0.1) is 0 Å². The lowest BCUT2D eigenvalue weighted by Gasteiger charge is -2.08. The van der Waals surface area contributed by atoms with Crippen LogP contribution >= 0.6 is 0 Å². The van der Waals surface area contributed by atoms with Gasteiger partial charge < -0.3 is 10.1 Å². The van der Waals surface area contributed by atoms with E-state index in [1.165, 1.54) is 12.8 Å². The quantitative estimate of drug-likeness (QED) is 0.744. The van der Waals surface area contributed by atoms with Gasteiger partial charge in [0.1, 0.15) is 0 Å². The molecule has 0 radical (unpaired) electrons. The summed E-state index contributed by atoms with van der Waals surface area (Å²) in [6.07, 6.45) is 5.94. The maximum atomic E-state index is 5.59. The van der Waals surface area contributed by atoms with Crippen molar-refractivity contribution in [3.63, 3.8) is 0 Å². The van der Waals surface area contributed by atoms with E-state index in [2.05, 4.69) is 23.4 Å². The van der Waals surface area contributed by atoms with Crippen molar-refractivity contribution in [3.8, 4) is 0 Å². The summed E-state index contributed by atoms with van der Waals surface area (Å²) in [5, 5.41) is 7.87. The fourth-order valence-electron chi connectivity index (χ4n) is 1.99. The van der Waals surface area contributed by atoms with E-state index in [9.17, 15) is 0 Å². The third kappa shape index (κ3) is 3.32. The third-order valence-electron chi connectivity index (χ3n) is 2.84. The molecule has 4 heteroatoms. The lowest BCUT2D eigenvalue weighted by atomic mass is 10.2. The summed E-state index contributed by atoms with van der Waals surface area (Å²) in [7, 11) is 0. The van der Waals surface area contributed by atoms with Gasteiger partial charge in [-0.2, -0.15) is 5.10 Å². The Kier molecular flexibility index (Phi) is 4.36. The number of nitrogens with zero attached hydrogens (tertiary/aromatic N) is 2. The minimum absolute atomic E-state index is 0.372. The normalized spacial score (nSPS) is 20.4. The van der Waals surface area contributed by atoms with Gasteiger partial charge in [0.25, 0.3) is 0 Å². The van der Waals surface area contributed by atoms with E-state index >= 15 is 0 Å². The number of hydrogen-bond acceptors (Lipinski definition) is 3. The smallest absolute Gasteiger partial charge is 0.0771 e. The number of hydrogen-bond donors (Lipinski definition) is 1. The van der Waals surface area contributed by atoms with Crippen molar-refractivity contribution in [2.75, 3.05) is 13.2 Å². The van der Waals surface area contributed by atoms with Gasteiger partial charge in [-0.25, -0.2) is 0 Å². The molecule has 0 saturated carbocycles. The molecule has 1 atom stereocenters. The molecule has 16 heavy (non-hydrogen) atoms. The molecule has 0 bridgehead atoms. The van der Waals surface area contributed by atoms with Crippen LogP contribution in [-0.2, 0) is 17.8 Å². The fourth-order valence-corrected chi connectivity index (χ4v) is 1.99. The largest absolute Gasteiger partial charge is 0.376 e. The van der Waals surface area contributed by atoms with Crippen LogP contribution < -0.4 is 5.32 Å². The molecule has 1 unspecified atom stereocenters. The van der Waals surface area contributed by atoms with Crippen molar-refractivity contribution in [1.29, 1.82) is 0 Å². The first-order valence-corrected chi connectivity index (χ1v) is 6.23. The van der Waals surface area contributed by atoms with E-state index < -0.39 is 0 Å². The van der Waals surface area contributed by atoms with Gasteiger partial charge in [0.05, 0.1) is 18.3 Å². The first-order chi connectivity index (χ1) is 7.88. The second-order valence-electron chi connectivity index (χ2n) is 4.34. The molecule has 1 saturated heterocycles. The van der Waals surface area contributed by atoms with E-state index in [0.717, 1.165) is 38.4 Å². The van der Waals surface area contributed by atoms with Crippen molar-refractivity contribution < 1.29 is 4.74 Å². The predicted octanol–water partition coefficient (Wildman–Crippen LogP) is 1.56. The van der Waals surface area contributed by atoms with Gasteiger partial charge in [0, 0.05) is 19.3 Å². The highest BCUT2D eigenvalue weighted by molar-refractivity contribution is 4.98. The van der Waals surface area contributed by atoms with Gasteiger partial charge >= 0.3 is 0 Å². The van der Waals surface area contributed by atoms with Crippen LogP contribution in [0.4, 0.5) is 0 Å². The first-order valence-electron chi connectivity index (χ1n) is 6.23. The Morgan fingerprint density at radius 3 is 3.31 bits per heavy atom. The van der Waals surface area contributed by atoms with E-state index in [1.54, 1.807) is 0 Å². The molecule has 90 valence electrons. The van der Waals surface area contributed by atoms with Gasteiger partial charge in [-0.05, 0) is 31.9 Å². The molecular weight excluding hydrogens is 202 g/mol. The molecule has 1 aliphatic heterocycles. The van der Waals surface area contributed by atoms with Crippen LogP contribution in [0.1, 0.15) is 31.9 Å². The lowest BCUT2D eigenvalue weighted by molar-refractivity contribution is 0.0939. The molecule has 2 rings (SSSR count). The summed E-state index contributed by atoms with van der Waals surface area (Å²) in [6.45, 7) is 5.90. The molecule has 0 aliphatic carbocycles. The minimum atomic E-state index is 0.372. The van der Waals surface area contributed by atoms with Crippen LogP contribution in [0.5, 0.6) is 0 Å². The van der Waals surface area contributed by atoms with Crippen LogP contribution in [0.3, 0.4) is 0 Å². The Balaban J connectivity index is 1.77. The Labute approximate surface area is 97.0 Å². The average molecular weight is 223 g/mol. The summed E-state index contributed by atoms with van der Waals surface area (Å²) < 4.78 is 7.59. The lowest BCUT2D eigenvalue weighted by Crippen LogP contribution is -2.17. The Morgan fingerprint density at radius 2 is 2.56 bits per heavy atom. The second-order valence-corrected chi connectivity index (χ2v) is 4.34. The molecule has 1 aromatic rings. The molecule has 0 spiro atoms. The van der Waals surface area contributed by atoms with Crippen LogP contribution in [0, 0.1) is 0 Å². The maximum absolute atomic E-state index is 5.59. The summed E-state index contributed by atoms with van der Waals surface area (Å²) in [5.41, 5.74) is 1.12. The third-order valence-corrected chi connectivity index (χ3v) is 2.84. The summed E-state index contributed by atoms with van der Waals surface area (Å²) in [5.74, 6) is 0. The number of aromatic nitrogens is 2. The van der Waals surface area contributed by atoms with Crippen molar-refractivity contribution in [2.45, 2.75) is 45.4 Å². The SMILES string of the molecule is CCCNCc1ccn(CC2CCCO2)n1. The Hall–Kier alpha value is -0.870. The van der Waals surface area contributed by atoms with Crippen molar-refractivity contribution in [3.05, 3.63) is 18.0 Å². The van der Waals surface area contributed by atoms with Gasteiger partial charge in [-0.1, -0.05) is 6.92 Å². The topological polar surface area (TPSA) is 39.1 Å². The van der Waals surface area contributed by atoms with E-state index in [-0.39, 0.29) is 0 Å². The van der Waals surface area contributed by atoms with Crippen molar-refractivity contribution in [1.82, 2.24) is 15.1 Å². The molecule has 1 aromatic heterocycles. The zero-order chi connectivity index (χ0) is 11.2. The maximum Gasteiger partial charge on any atom is 0.0771 e. The van der Waals surface area contributed by atoms with Gasteiger partial charge in [0.15, 0.2) is 0 Å². The van der Waals surface area contributed by atoms with Crippen LogP contribution in [0.25, 0.3) is 0 Å². The highest BCUT2D eigenvalue weighted by atomic mass is 16.5. The van der Waals surface area contributed by atoms with E-state index in [4.69, 9.17) is 4.74 Å². The Morgan fingerprint density at radius 1 is 1.62 bits per heavy atom. The summed E-state index contributed by atoms with van der Waals surface area (Å²) >= 11 is 0. The molecule has 1 aliphatic rings. The van der Waals surface area contributed by atoms with Crippen LogP contribution in [-0.4, -0.2) is 29.0 Å². The zero-order valence-corrected chi connectivity index (χ0v) is 9.98. The predicted molar refractivity (Wildman–Crippen MR) is 63.2 cm³/mol. The van der Waals surface area contributed by atoms with Gasteiger partial charge in [-0.3, -0.25) is 4.68 Å². The Bertz CT molecular complexity index is 305. The van der Waals surface area contributed by atoms with Crippen LogP contribution in [0.15, 0.2) is 12.3 Å². The second kappa shape index (κ2) is 6.01. The standard InChI is InChI=1S/C12H21N3O/c1-2-6-13-9-11-5-7-15(14-11)10-12-4-3-8-16-12/h5,7,12-13H,2-4,6,8-10H2,1H3. The monoisotopic (exact) mass is 223 g/mol. The number of nitrogens with one attached hydrogen (secondary N) is 1. The van der Waals surface area contributed by atoms with Crippen LogP contribution in [0.2, 0.25) is 0 Å². The van der Waals surface area contributed by atoms with Crippen molar-refractivity contribution in [2.24, 2.45) is 0 Å². The van der Waals surface area contributed by atoms with Gasteiger partial charge in [0.2, 0.25) is 0 Å². The molecule has 2 heterocycles. The highest BCUT2D eigenvalue weighted by Crippen LogP contribution is 2.13. The number of rotatable bonds is 6. The molecule has 4 nitrogen and oxygen atoms in total. The number of ether oxygens (including phenoxy) is 1.